The van der Waals surface area contributed by atoms with Gasteiger partial charge in [0.15, 0.2) is 0 Å². The first-order valence-corrected chi connectivity index (χ1v) is 7.52. The molecule has 0 spiro atoms. The van der Waals surface area contributed by atoms with Crippen LogP contribution in [0.4, 0.5) is 0 Å². The van der Waals surface area contributed by atoms with Crippen LogP contribution in [0, 0.1) is 0 Å². The highest BCUT2D eigenvalue weighted by Crippen LogP contribution is 2.31. The van der Waals surface area contributed by atoms with Crippen LogP contribution < -0.4 is 0 Å². The Morgan fingerprint density at radius 3 is 2.56 bits per heavy atom. The number of morpholine rings is 1. The highest BCUT2D eigenvalue weighted by molar-refractivity contribution is 4.92. The molecule has 0 aromatic carbocycles. The number of β-amino-alcohol motifs (C(OH)–C–C–N with tert-alkyl or cyclic N) is 1. The van der Waals surface area contributed by atoms with Gasteiger partial charge in [-0.15, -0.1) is 0 Å². The van der Waals surface area contributed by atoms with Gasteiger partial charge in [-0.05, 0) is 25.8 Å². The van der Waals surface area contributed by atoms with E-state index >= 15 is 0 Å². The number of likely N-dealkylation sites (tertiary alicyclic amines) is 1. The molecule has 1 unspecified atom stereocenters. The normalized spacial score (nSPS) is 34.2. The standard InChI is InChI=1S/C14H26N2O2/c17-14(4-1-2-5-14)12-15-6-3-13(11-15)16-7-9-18-10-8-16/h13,17H,1-12H2. The molecule has 104 valence electrons. The van der Waals surface area contributed by atoms with E-state index < -0.39 is 0 Å². The molecule has 2 aliphatic heterocycles. The van der Waals surface area contributed by atoms with E-state index in [1.165, 1.54) is 19.3 Å². The summed E-state index contributed by atoms with van der Waals surface area (Å²) in [5.41, 5.74) is -0.375. The van der Waals surface area contributed by atoms with Crippen LogP contribution >= 0.6 is 0 Å². The van der Waals surface area contributed by atoms with Crippen LogP contribution in [0.25, 0.3) is 0 Å². The molecule has 18 heavy (non-hydrogen) atoms. The van der Waals surface area contributed by atoms with E-state index in [2.05, 4.69) is 9.80 Å². The molecule has 1 N–H and O–H groups in total. The molecule has 3 aliphatic rings. The second-order valence-corrected chi connectivity index (χ2v) is 6.26. The Labute approximate surface area is 110 Å². The minimum Gasteiger partial charge on any atom is -0.389 e. The fourth-order valence-corrected chi connectivity index (χ4v) is 3.80. The van der Waals surface area contributed by atoms with E-state index in [0.29, 0.717) is 6.04 Å². The second kappa shape index (κ2) is 5.45. The molecule has 3 rings (SSSR count). The summed E-state index contributed by atoms with van der Waals surface area (Å²) in [6.07, 6.45) is 5.68. The zero-order chi connectivity index (χ0) is 12.4. The predicted octanol–water partition coefficient (Wildman–Crippen LogP) is 0.698. The zero-order valence-corrected chi connectivity index (χ0v) is 11.3. The van der Waals surface area contributed by atoms with Gasteiger partial charge in [0.05, 0.1) is 18.8 Å². The van der Waals surface area contributed by atoms with Gasteiger partial charge in [-0.1, -0.05) is 12.8 Å². The van der Waals surface area contributed by atoms with Crippen molar-refractivity contribution in [2.45, 2.75) is 43.7 Å². The van der Waals surface area contributed by atoms with Gasteiger partial charge < -0.3 is 9.84 Å². The molecule has 0 aromatic rings. The third-order valence-corrected chi connectivity index (χ3v) is 4.86. The van der Waals surface area contributed by atoms with Crippen molar-refractivity contribution in [3.05, 3.63) is 0 Å². The molecular weight excluding hydrogens is 228 g/mol. The maximum atomic E-state index is 10.5. The molecule has 0 aromatic heterocycles. The van der Waals surface area contributed by atoms with Crippen molar-refractivity contribution in [3.63, 3.8) is 0 Å². The van der Waals surface area contributed by atoms with Gasteiger partial charge in [0.25, 0.3) is 0 Å². The summed E-state index contributed by atoms with van der Waals surface area (Å²) in [7, 11) is 0. The van der Waals surface area contributed by atoms with E-state index in [1.54, 1.807) is 0 Å². The molecule has 2 heterocycles. The number of hydrogen-bond donors (Lipinski definition) is 1. The summed E-state index contributed by atoms with van der Waals surface area (Å²) >= 11 is 0. The molecule has 3 fully saturated rings. The van der Waals surface area contributed by atoms with Crippen molar-refractivity contribution in [1.29, 1.82) is 0 Å². The van der Waals surface area contributed by atoms with Gasteiger partial charge in [0, 0.05) is 32.2 Å². The minimum atomic E-state index is -0.375. The summed E-state index contributed by atoms with van der Waals surface area (Å²) in [5, 5.41) is 10.5. The quantitative estimate of drug-likeness (QED) is 0.804. The molecule has 0 bridgehead atoms. The predicted molar refractivity (Wildman–Crippen MR) is 70.7 cm³/mol. The Balaban J connectivity index is 1.48. The summed E-state index contributed by atoms with van der Waals surface area (Å²) < 4.78 is 5.41. The summed E-state index contributed by atoms with van der Waals surface area (Å²) in [6.45, 7) is 7.15. The SMILES string of the molecule is OC1(CN2CCC(N3CCOCC3)C2)CCCC1. The molecule has 1 saturated carbocycles. The lowest BCUT2D eigenvalue weighted by Gasteiger charge is -2.33. The third kappa shape index (κ3) is 2.87. The van der Waals surface area contributed by atoms with Gasteiger partial charge in [-0.25, -0.2) is 0 Å². The first-order chi connectivity index (χ1) is 8.75. The number of nitrogens with zero attached hydrogens (tertiary/aromatic N) is 2. The first kappa shape index (κ1) is 12.9. The molecule has 0 radical (unpaired) electrons. The van der Waals surface area contributed by atoms with E-state index in [9.17, 15) is 5.11 Å². The van der Waals surface area contributed by atoms with Crippen LogP contribution in [-0.2, 0) is 4.74 Å². The van der Waals surface area contributed by atoms with Crippen molar-refractivity contribution in [1.82, 2.24) is 9.80 Å². The van der Waals surface area contributed by atoms with Gasteiger partial charge in [-0.3, -0.25) is 9.80 Å². The van der Waals surface area contributed by atoms with Crippen molar-refractivity contribution in [2.24, 2.45) is 0 Å². The maximum absolute atomic E-state index is 10.5. The van der Waals surface area contributed by atoms with Gasteiger partial charge in [-0.2, -0.15) is 0 Å². The van der Waals surface area contributed by atoms with E-state index in [0.717, 1.165) is 58.8 Å². The first-order valence-electron chi connectivity index (χ1n) is 7.52. The molecule has 1 aliphatic carbocycles. The Morgan fingerprint density at radius 1 is 1.11 bits per heavy atom. The summed E-state index contributed by atoms with van der Waals surface area (Å²) in [6, 6.07) is 0.693. The average molecular weight is 254 g/mol. The fraction of sp³-hybridized carbons (Fsp3) is 1.00. The van der Waals surface area contributed by atoms with E-state index in [4.69, 9.17) is 4.74 Å². The van der Waals surface area contributed by atoms with E-state index in [-0.39, 0.29) is 5.60 Å². The molecule has 2 saturated heterocycles. The fourth-order valence-electron chi connectivity index (χ4n) is 3.80. The molecule has 1 atom stereocenters. The highest BCUT2D eigenvalue weighted by atomic mass is 16.5. The largest absolute Gasteiger partial charge is 0.389 e. The van der Waals surface area contributed by atoms with Crippen LogP contribution in [-0.4, -0.2) is 72.5 Å². The lowest BCUT2D eigenvalue weighted by molar-refractivity contribution is 0.00426. The van der Waals surface area contributed by atoms with Crippen LogP contribution in [0.1, 0.15) is 32.1 Å². The second-order valence-electron chi connectivity index (χ2n) is 6.26. The summed E-state index contributed by atoms with van der Waals surface area (Å²) in [5.74, 6) is 0. The number of ether oxygens (including phenoxy) is 1. The smallest absolute Gasteiger partial charge is 0.0774 e. The maximum Gasteiger partial charge on any atom is 0.0774 e. The topological polar surface area (TPSA) is 35.9 Å². The lowest BCUT2D eigenvalue weighted by Crippen LogP contribution is -2.46. The molecule has 4 nitrogen and oxygen atoms in total. The molecule has 0 amide bonds. The Morgan fingerprint density at radius 2 is 1.83 bits per heavy atom. The van der Waals surface area contributed by atoms with Gasteiger partial charge >= 0.3 is 0 Å². The van der Waals surface area contributed by atoms with Crippen molar-refractivity contribution in [3.8, 4) is 0 Å². The van der Waals surface area contributed by atoms with Crippen molar-refractivity contribution in [2.75, 3.05) is 45.9 Å². The third-order valence-electron chi connectivity index (χ3n) is 4.86. The number of rotatable bonds is 3. The number of hydrogen-bond acceptors (Lipinski definition) is 4. The Kier molecular flexibility index (Phi) is 3.89. The van der Waals surface area contributed by atoms with Gasteiger partial charge in [0.1, 0.15) is 0 Å². The van der Waals surface area contributed by atoms with Crippen molar-refractivity contribution >= 4 is 0 Å². The van der Waals surface area contributed by atoms with Crippen LogP contribution in [0.15, 0.2) is 0 Å². The Hall–Kier alpha value is -0.160. The highest BCUT2D eigenvalue weighted by Gasteiger charge is 2.36. The monoisotopic (exact) mass is 254 g/mol. The molecule has 4 heteroatoms. The number of aliphatic hydroxyl groups is 1. The van der Waals surface area contributed by atoms with Crippen molar-refractivity contribution < 1.29 is 9.84 Å². The van der Waals surface area contributed by atoms with Crippen LogP contribution in [0.2, 0.25) is 0 Å². The van der Waals surface area contributed by atoms with Crippen LogP contribution in [0.5, 0.6) is 0 Å². The zero-order valence-electron chi connectivity index (χ0n) is 11.3. The average Bonchev–Trinajstić information content (AvgIpc) is 3.00. The lowest BCUT2D eigenvalue weighted by atomic mass is 10.0. The summed E-state index contributed by atoms with van der Waals surface area (Å²) in [4.78, 5) is 5.05. The minimum absolute atomic E-state index is 0.375. The molecular formula is C14H26N2O2. The van der Waals surface area contributed by atoms with Gasteiger partial charge in [0.2, 0.25) is 0 Å². The Bertz CT molecular complexity index is 273. The van der Waals surface area contributed by atoms with E-state index in [1.807, 2.05) is 0 Å². The van der Waals surface area contributed by atoms with Crippen LogP contribution in [0.3, 0.4) is 0 Å².